The Hall–Kier alpha value is -2.53. The van der Waals surface area contributed by atoms with E-state index in [0.717, 1.165) is 10.6 Å². The lowest BCUT2D eigenvalue weighted by Gasteiger charge is -2.16. The van der Waals surface area contributed by atoms with Gasteiger partial charge in [-0.25, -0.2) is 9.37 Å². The predicted molar refractivity (Wildman–Crippen MR) is 93.5 cm³/mol. The van der Waals surface area contributed by atoms with Crippen LogP contribution in [-0.2, 0) is 10.2 Å². The number of benzene rings is 2. The molecule has 0 unspecified atom stereocenters. The van der Waals surface area contributed by atoms with Crippen molar-refractivity contribution in [3.05, 3.63) is 71.5 Å². The van der Waals surface area contributed by atoms with E-state index in [9.17, 15) is 9.18 Å². The van der Waals surface area contributed by atoms with Gasteiger partial charge in [0, 0.05) is 28.4 Å². The van der Waals surface area contributed by atoms with Crippen molar-refractivity contribution in [2.24, 2.45) is 0 Å². The van der Waals surface area contributed by atoms with E-state index in [1.165, 1.54) is 6.07 Å². The molecule has 3 aromatic rings. The zero-order valence-electron chi connectivity index (χ0n) is 12.8. The van der Waals surface area contributed by atoms with Gasteiger partial charge in [-0.15, -0.1) is 11.3 Å². The first-order valence-corrected chi connectivity index (χ1v) is 8.63. The number of nitrogens with one attached hydrogen (secondary N) is 1. The van der Waals surface area contributed by atoms with Crippen molar-refractivity contribution in [1.29, 1.82) is 0 Å². The van der Waals surface area contributed by atoms with Crippen LogP contribution in [0.3, 0.4) is 0 Å². The zero-order chi connectivity index (χ0) is 16.6. The summed E-state index contributed by atoms with van der Waals surface area (Å²) in [5.41, 5.74) is 1.49. The normalized spacial score (nSPS) is 15.0. The van der Waals surface area contributed by atoms with E-state index in [1.807, 2.05) is 29.6 Å². The summed E-state index contributed by atoms with van der Waals surface area (Å²) in [4.78, 5) is 16.9. The Morgan fingerprint density at radius 1 is 1.12 bits per heavy atom. The van der Waals surface area contributed by atoms with Crippen LogP contribution in [-0.4, -0.2) is 10.9 Å². The van der Waals surface area contributed by atoms with E-state index in [1.54, 1.807) is 35.7 Å². The molecule has 1 fully saturated rings. The lowest BCUT2D eigenvalue weighted by Crippen LogP contribution is -2.28. The fourth-order valence-corrected chi connectivity index (χ4v) is 3.55. The first-order chi connectivity index (χ1) is 11.7. The van der Waals surface area contributed by atoms with Gasteiger partial charge in [0.25, 0.3) is 0 Å². The lowest BCUT2D eigenvalue weighted by atomic mass is 9.94. The Kier molecular flexibility index (Phi) is 3.65. The number of thiazole rings is 1. The Morgan fingerprint density at radius 3 is 2.50 bits per heavy atom. The van der Waals surface area contributed by atoms with Crippen LogP contribution >= 0.6 is 11.3 Å². The third-order valence-electron chi connectivity index (χ3n) is 4.40. The molecule has 1 aliphatic rings. The number of hydrogen-bond acceptors (Lipinski definition) is 3. The second-order valence-corrected chi connectivity index (χ2v) is 6.83. The summed E-state index contributed by atoms with van der Waals surface area (Å²) in [5.74, 6) is -0.459. The molecule has 1 N–H and O–H groups in total. The van der Waals surface area contributed by atoms with Gasteiger partial charge in [0.05, 0.1) is 5.41 Å². The minimum absolute atomic E-state index is 0.144. The third kappa shape index (κ3) is 2.61. The zero-order valence-corrected chi connectivity index (χ0v) is 13.6. The molecular formula is C19H15FN2OS. The van der Waals surface area contributed by atoms with Crippen molar-refractivity contribution in [1.82, 2.24) is 4.98 Å². The second-order valence-electron chi connectivity index (χ2n) is 5.93. The Balaban J connectivity index is 1.53. The summed E-state index contributed by atoms with van der Waals surface area (Å²) >= 11 is 1.57. The highest BCUT2D eigenvalue weighted by molar-refractivity contribution is 7.13. The highest BCUT2D eigenvalue weighted by Crippen LogP contribution is 2.49. The van der Waals surface area contributed by atoms with E-state index in [0.29, 0.717) is 24.1 Å². The fourth-order valence-electron chi connectivity index (χ4n) is 2.91. The van der Waals surface area contributed by atoms with Gasteiger partial charge in [0.2, 0.25) is 5.91 Å². The third-order valence-corrected chi connectivity index (χ3v) is 5.22. The quantitative estimate of drug-likeness (QED) is 0.754. The first-order valence-electron chi connectivity index (χ1n) is 7.75. The molecule has 0 aliphatic heterocycles. The van der Waals surface area contributed by atoms with Crippen molar-refractivity contribution in [3.63, 3.8) is 0 Å². The number of anilines is 1. The van der Waals surface area contributed by atoms with Crippen LogP contribution in [0.2, 0.25) is 0 Å². The highest BCUT2D eigenvalue weighted by Gasteiger charge is 2.52. The van der Waals surface area contributed by atoms with Crippen molar-refractivity contribution in [3.8, 4) is 10.6 Å². The van der Waals surface area contributed by atoms with Crippen molar-refractivity contribution >= 4 is 22.9 Å². The van der Waals surface area contributed by atoms with Crippen LogP contribution in [0.1, 0.15) is 18.4 Å². The summed E-state index contributed by atoms with van der Waals surface area (Å²) in [6, 6.07) is 14.1. The molecule has 0 atom stereocenters. The van der Waals surface area contributed by atoms with Crippen LogP contribution in [0.4, 0.5) is 10.1 Å². The average molecular weight is 338 g/mol. The average Bonchev–Trinajstić information content (AvgIpc) is 3.22. The van der Waals surface area contributed by atoms with Gasteiger partial charge in [0.1, 0.15) is 10.8 Å². The SMILES string of the molecule is O=C(Nc1ccc(-c2nccs2)cc1)C1(c2ccccc2F)CC1. The number of hydrogen-bond donors (Lipinski definition) is 1. The first kappa shape index (κ1) is 15.0. The molecule has 0 radical (unpaired) electrons. The largest absolute Gasteiger partial charge is 0.325 e. The maximum Gasteiger partial charge on any atom is 0.235 e. The number of rotatable bonds is 4. The Bertz CT molecular complexity index is 871. The number of aromatic nitrogens is 1. The molecule has 4 rings (SSSR count). The molecule has 1 aliphatic carbocycles. The number of carbonyl (C=O) groups excluding carboxylic acids is 1. The molecule has 1 amide bonds. The monoisotopic (exact) mass is 338 g/mol. The van der Waals surface area contributed by atoms with Crippen molar-refractivity contribution in [2.75, 3.05) is 5.32 Å². The van der Waals surface area contributed by atoms with Gasteiger partial charge in [0.15, 0.2) is 0 Å². The van der Waals surface area contributed by atoms with Crippen molar-refractivity contribution in [2.45, 2.75) is 18.3 Å². The predicted octanol–water partition coefficient (Wildman–Crippen LogP) is 4.62. The van der Waals surface area contributed by atoms with Crippen LogP contribution in [0.5, 0.6) is 0 Å². The number of halogens is 1. The molecule has 2 aromatic carbocycles. The van der Waals surface area contributed by atoms with Gasteiger partial charge in [-0.1, -0.05) is 18.2 Å². The molecule has 0 saturated heterocycles. The molecule has 24 heavy (non-hydrogen) atoms. The molecule has 0 spiro atoms. The van der Waals surface area contributed by atoms with Crippen molar-refractivity contribution < 1.29 is 9.18 Å². The summed E-state index contributed by atoms with van der Waals surface area (Å²) < 4.78 is 14.0. The summed E-state index contributed by atoms with van der Waals surface area (Å²) in [7, 11) is 0. The van der Waals surface area contributed by atoms with E-state index in [2.05, 4.69) is 10.3 Å². The van der Waals surface area contributed by atoms with E-state index in [-0.39, 0.29) is 11.7 Å². The van der Waals surface area contributed by atoms with Gasteiger partial charge < -0.3 is 5.32 Å². The number of amides is 1. The smallest absolute Gasteiger partial charge is 0.235 e. The summed E-state index contributed by atoms with van der Waals surface area (Å²) in [5, 5.41) is 5.79. The van der Waals surface area contributed by atoms with Gasteiger partial charge >= 0.3 is 0 Å². The maximum atomic E-state index is 14.0. The molecule has 3 nitrogen and oxygen atoms in total. The maximum absolute atomic E-state index is 14.0. The van der Waals surface area contributed by atoms with E-state index >= 15 is 0 Å². The highest BCUT2D eigenvalue weighted by atomic mass is 32.1. The molecular weight excluding hydrogens is 323 g/mol. The topological polar surface area (TPSA) is 42.0 Å². The Morgan fingerprint density at radius 2 is 1.88 bits per heavy atom. The van der Waals surface area contributed by atoms with E-state index < -0.39 is 5.41 Å². The van der Waals surface area contributed by atoms with Crippen LogP contribution in [0.15, 0.2) is 60.1 Å². The van der Waals surface area contributed by atoms with Gasteiger partial charge in [-0.3, -0.25) is 4.79 Å². The number of nitrogens with zero attached hydrogens (tertiary/aromatic N) is 1. The molecule has 1 aromatic heterocycles. The number of carbonyl (C=O) groups is 1. The van der Waals surface area contributed by atoms with Gasteiger partial charge in [-0.2, -0.15) is 0 Å². The second kappa shape index (κ2) is 5.83. The fraction of sp³-hybridized carbons (Fsp3) is 0.158. The molecule has 1 saturated carbocycles. The minimum atomic E-state index is -0.723. The summed E-state index contributed by atoms with van der Waals surface area (Å²) in [6.45, 7) is 0. The van der Waals surface area contributed by atoms with Crippen LogP contribution in [0, 0.1) is 5.82 Å². The van der Waals surface area contributed by atoms with E-state index in [4.69, 9.17) is 0 Å². The standard InChI is InChI=1S/C19H15FN2OS/c20-16-4-2-1-3-15(16)19(9-10-19)18(23)22-14-7-5-13(6-8-14)17-21-11-12-24-17/h1-8,11-12H,9-10H2,(H,22,23). The molecule has 5 heteroatoms. The minimum Gasteiger partial charge on any atom is -0.325 e. The Labute approximate surface area is 143 Å². The van der Waals surface area contributed by atoms with Gasteiger partial charge in [-0.05, 0) is 43.2 Å². The lowest BCUT2D eigenvalue weighted by molar-refractivity contribution is -0.118. The molecule has 1 heterocycles. The molecule has 120 valence electrons. The van der Waals surface area contributed by atoms with Crippen LogP contribution < -0.4 is 5.32 Å². The van der Waals surface area contributed by atoms with Crippen LogP contribution in [0.25, 0.3) is 10.6 Å². The molecule has 0 bridgehead atoms. The summed E-state index contributed by atoms with van der Waals surface area (Å²) in [6.07, 6.45) is 3.12.